The molecule has 114 valence electrons. The van der Waals surface area contributed by atoms with Crippen molar-refractivity contribution in [3.8, 4) is 0 Å². The molecule has 0 saturated carbocycles. The van der Waals surface area contributed by atoms with Crippen LogP contribution in [-0.4, -0.2) is 53.8 Å². The Labute approximate surface area is 119 Å². The van der Waals surface area contributed by atoms with Gasteiger partial charge in [0.1, 0.15) is 5.54 Å². The number of piperazine rings is 1. The SMILES string of the molecule is CC(C)[C@H](N)C(=O)NCC(=O)N1CCNC(=O)C1(C)C. The number of carbonyl (C=O) groups is 3. The maximum Gasteiger partial charge on any atom is 0.245 e. The van der Waals surface area contributed by atoms with Gasteiger partial charge in [-0.1, -0.05) is 13.8 Å². The van der Waals surface area contributed by atoms with Crippen molar-refractivity contribution in [1.82, 2.24) is 15.5 Å². The molecule has 7 heteroatoms. The molecular formula is C13H24N4O3. The van der Waals surface area contributed by atoms with Gasteiger partial charge in [-0.25, -0.2) is 0 Å². The molecule has 1 saturated heterocycles. The lowest BCUT2D eigenvalue weighted by molar-refractivity contribution is -0.149. The minimum Gasteiger partial charge on any atom is -0.352 e. The second-order valence-electron chi connectivity index (χ2n) is 5.85. The number of carbonyl (C=O) groups excluding carboxylic acids is 3. The molecule has 3 amide bonds. The van der Waals surface area contributed by atoms with Crippen LogP contribution in [0.2, 0.25) is 0 Å². The molecule has 0 aromatic heterocycles. The zero-order valence-corrected chi connectivity index (χ0v) is 12.5. The molecule has 1 aliphatic heterocycles. The van der Waals surface area contributed by atoms with Crippen molar-refractivity contribution in [2.75, 3.05) is 19.6 Å². The summed E-state index contributed by atoms with van der Waals surface area (Å²) in [7, 11) is 0. The highest BCUT2D eigenvalue weighted by molar-refractivity contribution is 5.94. The van der Waals surface area contributed by atoms with E-state index in [4.69, 9.17) is 5.73 Å². The van der Waals surface area contributed by atoms with Crippen LogP contribution in [0.25, 0.3) is 0 Å². The van der Waals surface area contributed by atoms with Crippen LogP contribution in [0, 0.1) is 5.92 Å². The van der Waals surface area contributed by atoms with Crippen molar-refractivity contribution in [1.29, 1.82) is 0 Å². The van der Waals surface area contributed by atoms with Gasteiger partial charge in [0.15, 0.2) is 0 Å². The Morgan fingerprint density at radius 1 is 1.45 bits per heavy atom. The number of nitrogens with one attached hydrogen (secondary N) is 2. The van der Waals surface area contributed by atoms with Crippen LogP contribution in [0.5, 0.6) is 0 Å². The number of amides is 3. The smallest absolute Gasteiger partial charge is 0.245 e. The molecule has 1 aliphatic rings. The van der Waals surface area contributed by atoms with Gasteiger partial charge < -0.3 is 21.3 Å². The summed E-state index contributed by atoms with van der Waals surface area (Å²) < 4.78 is 0. The van der Waals surface area contributed by atoms with E-state index in [0.29, 0.717) is 13.1 Å². The van der Waals surface area contributed by atoms with Gasteiger partial charge in [0.25, 0.3) is 0 Å². The lowest BCUT2D eigenvalue weighted by Crippen LogP contribution is -2.64. The maximum atomic E-state index is 12.1. The second-order valence-corrected chi connectivity index (χ2v) is 5.85. The molecule has 0 spiro atoms. The number of nitrogens with zero attached hydrogens (tertiary/aromatic N) is 1. The predicted molar refractivity (Wildman–Crippen MR) is 74.6 cm³/mol. The molecule has 0 unspecified atom stereocenters. The molecule has 20 heavy (non-hydrogen) atoms. The van der Waals surface area contributed by atoms with Gasteiger partial charge in [0.2, 0.25) is 17.7 Å². The van der Waals surface area contributed by atoms with Gasteiger partial charge in [-0.05, 0) is 19.8 Å². The van der Waals surface area contributed by atoms with E-state index in [-0.39, 0.29) is 30.2 Å². The van der Waals surface area contributed by atoms with E-state index in [1.54, 1.807) is 13.8 Å². The third-order valence-electron chi connectivity index (χ3n) is 3.59. The molecule has 0 aromatic carbocycles. The van der Waals surface area contributed by atoms with Gasteiger partial charge in [-0.15, -0.1) is 0 Å². The van der Waals surface area contributed by atoms with Crippen molar-refractivity contribution < 1.29 is 14.4 Å². The fraction of sp³-hybridized carbons (Fsp3) is 0.769. The standard InChI is InChI=1S/C13H24N4O3/c1-8(2)10(14)11(19)16-7-9(18)17-6-5-15-12(20)13(17,3)4/h8,10H,5-7,14H2,1-4H3,(H,15,20)(H,16,19)/t10-/m0/s1. The van der Waals surface area contributed by atoms with E-state index in [0.717, 1.165) is 0 Å². The van der Waals surface area contributed by atoms with Crippen molar-refractivity contribution >= 4 is 17.7 Å². The van der Waals surface area contributed by atoms with Crippen LogP contribution < -0.4 is 16.4 Å². The fourth-order valence-corrected chi connectivity index (χ4v) is 2.01. The monoisotopic (exact) mass is 284 g/mol. The molecule has 4 N–H and O–H groups in total. The van der Waals surface area contributed by atoms with Crippen molar-refractivity contribution in [3.63, 3.8) is 0 Å². The highest BCUT2D eigenvalue weighted by Crippen LogP contribution is 2.17. The first-order chi connectivity index (χ1) is 9.17. The normalized spacial score (nSPS) is 19.5. The minimum atomic E-state index is -0.903. The van der Waals surface area contributed by atoms with Crippen LogP contribution in [0.4, 0.5) is 0 Å². The summed E-state index contributed by atoms with van der Waals surface area (Å²) in [5, 5.41) is 5.24. The molecule has 0 aromatic rings. The average molecular weight is 284 g/mol. The summed E-state index contributed by atoms with van der Waals surface area (Å²) in [5.41, 5.74) is 4.80. The first kappa shape index (κ1) is 16.4. The van der Waals surface area contributed by atoms with Crippen molar-refractivity contribution in [3.05, 3.63) is 0 Å². The molecule has 1 atom stereocenters. The Morgan fingerprint density at radius 3 is 2.60 bits per heavy atom. The molecule has 7 nitrogen and oxygen atoms in total. The van der Waals surface area contributed by atoms with Gasteiger partial charge in [-0.3, -0.25) is 14.4 Å². The molecule has 0 aliphatic carbocycles. The third-order valence-corrected chi connectivity index (χ3v) is 3.59. The summed E-state index contributed by atoms with van der Waals surface area (Å²) in [5.74, 6) is -0.827. The maximum absolute atomic E-state index is 12.1. The van der Waals surface area contributed by atoms with Crippen LogP contribution in [0.3, 0.4) is 0 Å². The van der Waals surface area contributed by atoms with E-state index in [9.17, 15) is 14.4 Å². The fourth-order valence-electron chi connectivity index (χ4n) is 2.01. The predicted octanol–water partition coefficient (Wildman–Crippen LogP) is -1.18. The summed E-state index contributed by atoms with van der Waals surface area (Å²) in [6.45, 7) is 7.75. The molecular weight excluding hydrogens is 260 g/mol. The highest BCUT2D eigenvalue weighted by atomic mass is 16.2. The lowest BCUT2D eigenvalue weighted by atomic mass is 9.99. The Balaban J connectivity index is 2.59. The molecule has 1 fully saturated rings. The van der Waals surface area contributed by atoms with Gasteiger partial charge in [0.05, 0.1) is 12.6 Å². The summed E-state index contributed by atoms with van der Waals surface area (Å²) in [6.07, 6.45) is 0. The number of rotatable bonds is 4. The first-order valence-electron chi connectivity index (χ1n) is 6.80. The molecule has 0 bridgehead atoms. The molecule has 1 rings (SSSR count). The Kier molecular flexibility index (Phi) is 5.10. The average Bonchev–Trinajstić information content (AvgIpc) is 2.37. The number of hydrogen-bond acceptors (Lipinski definition) is 4. The van der Waals surface area contributed by atoms with E-state index in [1.807, 2.05) is 13.8 Å². The van der Waals surface area contributed by atoms with Crippen LogP contribution >= 0.6 is 0 Å². The van der Waals surface area contributed by atoms with Crippen molar-refractivity contribution in [2.24, 2.45) is 11.7 Å². The summed E-state index contributed by atoms with van der Waals surface area (Å²) in [6, 6.07) is -0.638. The topological polar surface area (TPSA) is 105 Å². The van der Waals surface area contributed by atoms with Gasteiger partial charge in [-0.2, -0.15) is 0 Å². The Bertz CT molecular complexity index is 406. The minimum absolute atomic E-state index is 0.00214. The van der Waals surface area contributed by atoms with E-state index in [2.05, 4.69) is 10.6 Å². The zero-order valence-electron chi connectivity index (χ0n) is 12.5. The van der Waals surface area contributed by atoms with E-state index < -0.39 is 11.6 Å². The van der Waals surface area contributed by atoms with E-state index in [1.165, 1.54) is 4.90 Å². The first-order valence-corrected chi connectivity index (χ1v) is 6.80. The van der Waals surface area contributed by atoms with E-state index >= 15 is 0 Å². The van der Waals surface area contributed by atoms with Crippen LogP contribution in [0.15, 0.2) is 0 Å². The molecule has 1 heterocycles. The summed E-state index contributed by atoms with van der Waals surface area (Å²) in [4.78, 5) is 37.1. The Hall–Kier alpha value is -1.63. The highest BCUT2D eigenvalue weighted by Gasteiger charge is 2.40. The summed E-state index contributed by atoms with van der Waals surface area (Å²) >= 11 is 0. The Morgan fingerprint density at radius 2 is 2.05 bits per heavy atom. The van der Waals surface area contributed by atoms with Crippen LogP contribution in [0.1, 0.15) is 27.7 Å². The zero-order chi connectivity index (χ0) is 15.5. The van der Waals surface area contributed by atoms with Gasteiger partial charge in [0, 0.05) is 13.1 Å². The molecule has 0 radical (unpaired) electrons. The largest absolute Gasteiger partial charge is 0.352 e. The second kappa shape index (κ2) is 6.21. The third kappa shape index (κ3) is 3.47. The van der Waals surface area contributed by atoms with Gasteiger partial charge >= 0.3 is 0 Å². The van der Waals surface area contributed by atoms with Crippen molar-refractivity contribution in [2.45, 2.75) is 39.3 Å². The number of hydrogen-bond donors (Lipinski definition) is 3. The quantitative estimate of drug-likeness (QED) is 0.604. The number of nitrogens with two attached hydrogens (primary N) is 1. The lowest BCUT2D eigenvalue weighted by Gasteiger charge is -2.41. The van der Waals surface area contributed by atoms with Crippen LogP contribution in [-0.2, 0) is 14.4 Å².